The van der Waals surface area contributed by atoms with Crippen LogP contribution in [-0.4, -0.2) is 19.3 Å². The molecule has 0 radical (unpaired) electrons. The number of hydrogen-bond acceptors (Lipinski definition) is 2. The zero-order valence-corrected chi connectivity index (χ0v) is 7.11. The highest BCUT2D eigenvalue weighted by molar-refractivity contribution is 8.11. The lowest BCUT2D eigenvalue weighted by Crippen LogP contribution is -2.18. The second kappa shape index (κ2) is 2.43. The summed E-state index contributed by atoms with van der Waals surface area (Å²) >= 11 is 0. The molecule has 0 atom stereocenters. The zero-order chi connectivity index (χ0) is 7.78. The Morgan fingerprint density at radius 1 is 1.70 bits per heavy atom. The van der Waals surface area contributed by atoms with Crippen molar-refractivity contribution in [3.8, 4) is 0 Å². The molecule has 5 heteroatoms. The van der Waals surface area contributed by atoms with Crippen LogP contribution in [0.15, 0.2) is 11.8 Å². The summed E-state index contributed by atoms with van der Waals surface area (Å²) in [7, 11) is 1.55. The van der Waals surface area contributed by atoms with Crippen LogP contribution in [0.25, 0.3) is 0 Å². The number of hydrogen-bond donors (Lipinski definition) is 0. The van der Waals surface area contributed by atoms with Gasteiger partial charge in [-0.3, -0.25) is 4.31 Å². The molecule has 1 aliphatic rings. The third-order valence-corrected chi connectivity index (χ3v) is 2.75. The molecule has 1 rings (SSSR count). The van der Waals surface area contributed by atoms with E-state index in [9.17, 15) is 8.42 Å². The smallest absolute Gasteiger partial charge is 0.264 e. The van der Waals surface area contributed by atoms with Gasteiger partial charge in [0.25, 0.3) is 0 Å². The molecule has 1 aliphatic heterocycles. The molecule has 0 saturated carbocycles. The molecule has 0 fully saturated rings. The van der Waals surface area contributed by atoms with Crippen LogP contribution in [-0.2, 0) is 9.24 Å². The minimum absolute atomic E-state index is 0.484. The third kappa shape index (κ3) is 1.64. The van der Waals surface area contributed by atoms with E-state index in [1.165, 1.54) is 0 Å². The molecule has 1 heterocycles. The first-order valence-electron chi connectivity index (χ1n) is 2.89. The molecule has 0 aromatic rings. The molecule has 0 aromatic carbocycles. The highest BCUT2D eigenvalue weighted by atomic mass is 35.7. The maximum atomic E-state index is 10.6. The fraction of sp³-hybridized carbons (Fsp3) is 0.600. The number of rotatable bonds is 1. The summed E-state index contributed by atoms with van der Waals surface area (Å²) in [5.41, 5.74) is 1.05. The molecule has 10 heavy (non-hydrogen) atoms. The van der Waals surface area contributed by atoms with Crippen LogP contribution in [0.4, 0.5) is 0 Å². The number of nitrogens with zero attached hydrogens (tertiary/aromatic N) is 1. The first kappa shape index (κ1) is 7.88. The highest BCUT2D eigenvalue weighted by Gasteiger charge is 2.19. The van der Waals surface area contributed by atoms with Crippen LogP contribution in [0.5, 0.6) is 0 Å². The molecule has 0 spiro atoms. The van der Waals surface area contributed by atoms with Crippen molar-refractivity contribution in [1.29, 1.82) is 0 Å². The fourth-order valence-electron chi connectivity index (χ4n) is 0.833. The van der Waals surface area contributed by atoms with E-state index in [2.05, 4.69) is 0 Å². The van der Waals surface area contributed by atoms with Crippen LogP contribution < -0.4 is 0 Å². The summed E-state index contributed by atoms with van der Waals surface area (Å²) in [4.78, 5) is 0. The van der Waals surface area contributed by atoms with Gasteiger partial charge in [-0.25, -0.2) is 0 Å². The normalized spacial score (nSPS) is 19.4. The monoisotopic (exact) mass is 181 g/mol. The summed E-state index contributed by atoms with van der Waals surface area (Å²) in [6.45, 7) is 2.36. The average Bonchev–Trinajstić information content (AvgIpc) is 2.11. The lowest BCUT2D eigenvalue weighted by Gasteiger charge is -2.07. The van der Waals surface area contributed by atoms with Crippen molar-refractivity contribution in [1.82, 2.24) is 4.31 Å². The second-order valence-electron chi connectivity index (χ2n) is 2.28. The Balaban J connectivity index is 2.81. The lowest BCUT2D eigenvalue weighted by atomic mass is 10.3. The Hall–Kier alpha value is -0.220. The van der Waals surface area contributed by atoms with Crippen molar-refractivity contribution in [3.63, 3.8) is 0 Å². The van der Waals surface area contributed by atoms with Crippen LogP contribution >= 0.6 is 10.7 Å². The maximum Gasteiger partial charge on any atom is 0.321 e. The van der Waals surface area contributed by atoms with E-state index in [0.29, 0.717) is 6.54 Å². The van der Waals surface area contributed by atoms with Crippen LogP contribution in [0.2, 0.25) is 0 Å². The Bertz CT molecular complexity index is 257. The summed E-state index contributed by atoms with van der Waals surface area (Å²) in [5, 5.41) is 0. The molecule has 0 amide bonds. The van der Waals surface area contributed by atoms with Gasteiger partial charge in [-0.15, -0.1) is 0 Å². The van der Waals surface area contributed by atoms with E-state index in [0.717, 1.165) is 16.3 Å². The molecule has 0 unspecified atom stereocenters. The summed E-state index contributed by atoms with van der Waals surface area (Å²) in [5.74, 6) is 0. The quantitative estimate of drug-likeness (QED) is 0.568. The molecule has 0 N–H and O–H groups in total. The van der Waals surface area contributed by atoms with Gasteiger partial charge in [0.15, 0.2) is 0 Å². The van der Waals surface area contributed by atoms with Crippen molar-refractivity contribution in [2.75, 3.05) is 6.54 Å². The predicted octanol–water partition coefficient (Wildman–Crippen LogP) is 1.08. The topological polar surface area (TPSA) is 37.4 Å². The Labute approximate surface area is 64.8 Å². The van der Waals surface area contributed by atoms with Crippen molar-refractivity contribution < 1.29 is 8.42 Å². The van der Waals surface area contributed by atoms with E-state index in [4.69, 9.17) is 10.7 Å². The molecular weight excluding hydrogens is 174 g/mol. The first-order valence-corrected chi connectivity index (χ1v) is 5.15. The van der Waals surface area contributed by atoms with Crippen molar-refractivity contribution in [2.45, 2.75) is 13.3 Å². The molecule has 58 valence electrons. The minimum atomic E-state index is -3.51. The van der Waals surface area contributed by atoms with Gasteiger partial charge in [-0.05, 0) is 13.3 Å². The van der Waals surface area contributed by atoms with Gasteiger partial charge in [0.1, 0.15) is 0 Å². The van der Waals surface area contributed by atoms with Crippen molar-refractivity contribution >= 4 is 19.9 Å². The zero-order valence-electron chi connectivity index (χ0n) is 5.54. The molecule has 0 aliphatic carbocycles. The summed E-state index contributed by atoms with van der Waals surface area (Å²) in [6, 6.07) is 0. The Morgan fingerprint density at radius 2 is 2.30 bits per heavy atom. The van der Waals surface area contributed by atoms with Gasteiger partial charge < -0.3 is 0 Å². The molecule has 0 bridgehead atoms. The average molecular weight is 182 g/mol. The van der Waals surface area contributed by atoms with Gasteiger partial charge in [0.2, 0.25) is 0 Å². The Morgan fingerprint density at radius 3 is 2.50 bits per heavy atom. The van der Waals surface area contributed by atoms with E-state index < -0.39 is 9.24 Å². The van der Waals surface area contributed by atoms with Gasteiger partial charge >= 0.3 is 9.24 Å². The van der Waals surface area contributed by atoms with Crippen molar-refractivity contribution in [2.24, 2.45) is 0 Å². The van der Waals surface area contributed by atoms with Crippen molar-refractivity contribution in [3.05, 3.63) is 11.8 Å². The highest BCUT2D eigenvalue weighted by Crippen LogP contribution is 2.18. The molecular formula is C5H8ClNO2S. The minimum Gasteiger partial charge on any atom is -0.264 e. The molecule has 3 nitrogen and oxygen atoms in total. The van der Waals surface area contributed by atoms with Crippen LogP contribution in [0, 0.1) is 0 Å². The number of halogens is 1. The molecule has 0 aromatic heterocycles. The fourth-order valence-corrected chi connectivity index (χ4v) is 1.78. The Kier molecular flexibility index (Phi) is 1.92. The van der Waals surface area contributed by atoms with Gasteiger partial charge in [-0.1, -0.05) is 5.57 Å². The summed E-state index contributed by atoms with van der Waals surface area (Å²) in [6.07, 6.45) is 2.34. The van der Waals surface area contributed by atoms with E-state index in [1.54, 1.807) is 6.20 Å². The lowest BCUT2D eigenvalue weighted by molar-refractivity contribution is 0.533. The summed E-state index contributed by atoms with van der Waals surface area (Å²) < 4.78 is 22.4. The third-order valence-electron chi connectivity index (χ3n) is 1.37. The maximum absolute atomic E-state index is 10.6. The van der Waals surface area contributed by atoms with E-state index in [1.807, 2.05) is 6.92 Å². The van der Waals surface area contributed by atoms with Gasteiger partial charge in [0, 0.05) is 23.4 Å². The SMILES string of the molecule is CC1=CN(S(=O)(=O)Cl)CC1. The predicted molar refractivity (Wildman–Crippen MR) is 39.9 cm³/mol. The standard InChI is InChI=1S/C5H8ClNO2S/c1-5-2-3-7(4-5)10(6,8)9/h4H,2-3H2,1H3. The van der Waals surface area contributed by atoms with Gasteiger partial charge in [0.05, 0.1) is 0 Å². The molecule has 0 saturated heterocycles. The van der Waals surface area contributed by atoms with E-state index in [-0.39, 0.29) is 0 Å². The first-order chi connectivity index (χ1) is 4.50. The van der Waals surface area contributed by atoms with Gasteiger partial charge in [-0.2, -0.15) is 8.42 Å². The second-order valence-corrected chi connectivity index (χ2v) is 4.74. The van der Waals surface area contributed by atoms with E-state index >= 15 is 0 Å². The largest absolute Gasteiger partial charge is 0.321 e. The van der Waals surface area contributed by atoms with Crippen LogP contribution in [0.1, 0.15) is 13.3 Å². The van der Waals surface area contributed by atoms with Crippen LogP contribution in [0.3, 0.4) is 0 Å².